The Labute approximate surface area is 201 Å². The fourth-order valence-corrected chi connectivity index (χ4v) is 5.52. The third kappa shape index (κ3) is 3.96. The van der Waals surface area contributed by atoms with Gasteiger partial charge in [0.1, 0.15) is 18.2 Å². The number of aromatic nitrogens is 4. The van der Waals surface area contributed by atoms with Gasteiger partial charge in [-0.1, -0.05) is 12.1 Å². The van der Waals surface area contributed by atoms with Gasteiger partial charge in [-0.25, -0.2) is 9.07 Å². The number of fused-ring (bicyclic) bond motifs is 2. The Morgan fingerprint density at radius 3 is 2.91 bits per heavy atom. The van der Waals surface area contributed by atoms with Crippen molar-refractivity contribution in [1.82, 2.24) is 30.0 Å². The molecule has 3 aliphatic rings. The van der Waals surface area contributed by atoms with E-state index in [1.165, 1.54) is 11.6 Å². The summed E-state index contributed by atoms with van der Waals surface area (Å²) in [7, 11) is 0. The van der Waals surface area contributed by atoms with Crippen LogP contribution in [0, 0.1) is 17.1 Å². The molecule has 3 aromatic rings. The van der Waals surface area contributed by atoms with Gasteiger partial charge in [0.15, 0.2) is 0 Å². The first kappa shape index (κ1) is 21.8. The summed E-state index contributed by atoms with van der Waals surface area (Å²) >= 11 is 0. The van der Waals surface area contributed by atoms with Crippen molar-refractivity contribution < 1.29 is 13.9 Å². The van der Waals surface area contributed by atoms with E-state index in [1.54, 1.807) is 23.1 Å². The number of hydrogen-bond donors (Lipinski definition) is 0. The fourth-order valence-electron chi connectivity index (χ4n) is 5.52. The van der Waals surface area contributed by atoms with Crippen molar-refractivity contribution in [1.29, 1.82) is 5.26 Å². The van der Waals surface area contributed by atoms with Gasteiger partial charge >= 0.3 is 0 Å². The van der Waals surface area contributed by atoms with E-state index in [4.69, 9.17) is 10.00 Å². The van der Waals surface area contributed by atoms with E-state index in [2.05, 4.69) is 26.5 Å². The van der Waals surface area contributed by atoms with Crippen LogP contribution in [0.3, 0.4) is 0 Å². The molecule has 10 heteroatoms. The topological polar surface area (TPSA) is 100 Å². The molecule has 0 saturated carbocycles. The molecule has 1 aliphatic carbocycles. The highest BCUT2D eigenvalue weighted by Gasteiger charge is 2.39. The monoisotopic (exact) mass is 473 g/mol. The van der Waals surface area contributed by atoms with Crippen LogP contribution in [0.2, 0.25) is 0 Å². The molecule has 2 aliphatic heterocycles. The quantitative estimate of drug-likeness (QED) is 0.574. The molecule has 1 aromatic heterocycles. The lowest BCUT2D eigenvalue weighted by Gasteiger charge is -2.46. The number of ether oxygens (including phenoxy) is 1. The number of nitrogens with zero attached hydrogens (tertiary/aromatic N) is 7. The number of tetrazole rings is 1. The lowest BCUT2D eigenvalue weighted by atomic mass is 9.97. The fraction of sp³-hybridized carbons (Fsp3) is 0.400. The van der Waals surface area contributed by atoms with E-state index in [9.17, 15) is 9.18 Å². The van der Waals surface area contributed by atoms with Crippen LogP contribution in [0.1, 0.15) is 40.7 Å². The van der Waals surface area contributed by atoms with Crippen LogP contribution in [0.25, 0.3) is 5.69 Å². The molecule has 2 fully saturated rings. The van der Waals surface area contributed by atoms with Gasteiger partial charge in [-0.2, -0.15) is 5.26 Å². The third-order valence-corrected chi connectivity index (χ3v) is 7.41. The standard InChI is InChI=1S/C25H24FN7O2/c26-23-6-2-17(9-18(23)11-27)24-13-31-7-8-32(12-20(31)14-35-24)25(34)22-4-1-16-10-19(3-5-21(16)22)33-15-28-29-30-33/h2-3,5-6,9-10,15,20,22,24H,1,4,7-8,12-14H2/t20-,22?,24+/m0/s1. The minimum atomic E-state index is -0.517. The number of benzene rings is 2. The molecule has 178 valence electrons. The summed E-state index contributed by atoms with van der Waals surface area (Å²) in [4.78, 5) is 17.8. The number of piperazine rings is 1. The third-order valence-electron chi connectivity index (χ3n) is 7.41. The second-order valence-electron chi connectivity index (χ2n) is 9.33. The zero-order valence-electron chi connectivity index (χ0n) is 19.0. The van der Waals surface area contributed by atoms with Crippen molar-refractivity contribution in [2.24, 2.45) is 0 Å². The lowest BCUT2D eigenvalue weighted by Crippen LogP contribution is -2.60. The highest BCUT2D eigenvalue weighted by molar-refractivity contribution is 5.85. The number of hydrogen-bond acceptors (Lipinski definition) is 7. The first-order valence-corrected chi connectivity index (χ1v) is 11.8. The predicted molar refractivity (Wildman–Crippen MR) is 122 cm³/mol. The van der Waals surface area contributed by atoms with Gasteiger partial charge in [0.25, 0.3) is 0 Å². The number of aryl methyl sites for hydroxylation is 1. The molecule has 0 bridgehead atoms. The number of halogens is 1. The molecule has 0 spiro atoms. The van der Waals surface area contributed by atoms with Gasteiger partial charge in [-0.15, -0.1) is 5.10 Å². The first-order valence-electron chi connectivity index (χ1n) is 11.8. The van der Waals surface area contributed by atoms with Crippen molar-refractivity contribution >= 4 is 5.91 Å². The molecule has 1 unspecified atom stereocenters. The second-order valence-corrected chi connectivity index (χ2v) is 9.33. The van der Waals surface area contributed by atoms with Crippen LogP contribution in [0.15, 0.2) is 42.7 Å². The van der Waals surface area contributed by atoms with Crippen LogP contribution < -0.4 is 0 Å². The van der Waals surface area contributed by atoms with Crippen molar-refractivity contribution in [3.05, 3.63) is 70.8 Å². The minimum absolute atomic E-state index is 0.0329. The van der Waals surface area contributed by atoms with E-state index in [1.807, 2.05) is 23.1 Å². The van der Waals surface area contributed by atoms with E-state index in [-0.39, 0.29) is 29.5 Å². The Hall–Kier alpha value is -3.68. The molecule has 3 heterocycles. The van der Waals surface area contributed by atoms with Gasteiger partial charge in [0.2, 0.25) is 5.91 Å². The number of amides is 1. The average Bonchev–Trinajstić information content (AvgIpc) is 3.58. The number of carbonyl (C=O) groups excluding carboxylic acids is 1. The maximum absolute atomic E-state index is 13.7. The van der Waals surface area contributed by atoms with E-state index in [0.717, 1.165) is 36.2 Å². The van der Waals surface area contributed by atoms with Crippen molar-refractivity contribution in [3.8, 4) is 11.8 Å². The largest absolute Gasteiger partial charge is 0.370 e. The van der Waals surface area contributed by atoms with Gasteiger partial charge in [0.05, 0.1) is 35.9 Å². The zero-order chi connectivity index (χ0) is 23.9. The Bertz CT molecular complexity index is 1310. The predicted octanol–water partition coefficient (Wildman–Crippen LogP) is 1.99. The normalized spacial score (nSPS) is 24.0. The first-order chi connectivity index (χ1) is 17.1. The van der Waals surface area contributed by atoms with Crippen LogP contribution in [0.4, 0.5) is 4.39 Å². The molecule has 0 N–H and O–H groups in total. The minimum Gasteiger partial charge on any atom is -0.370 e. The maximum Gasteiger partial charge on any atom is 0.230 e. The van der Waals surface area contributed by atoms with Crippen LogP contribution in [0.5, 0.6) is 0 Å². The molecule has 35 heavy (non-hydrogen) atoms. The summed E-state index contributed by atoms with van der Waals surface area (Å²) in [5.41, 5.74) is 4.01. The lowest BCUT2D eigenvalue weighted by molar-refractivity contribution is -0.141. The summed E-state index contributed by atoms with van der Waals surface area (Å²) in [5.74, 6) is -0.463. The highest BCUT2D eigenvalue weighted by atomic mass is 19.1. The highest BCUT2D eigenvalue weighted by Crippen LogP contribution is 2.36. The molecular formula is C25H24FN7O2. The smallest absolute Gasteiger partial charge is 0.230 e. The number of morpholine rings is 1. The number of carbonyl (C=O) groups is 1. The van der Waals surface area contributed by atoms with Gasteiger partial charge in [-0.05, 0) is 64.2 Å². The van der Waals surface area contributed by atoms with Gasteiger partial charge in [-0.3, -0.25) is 9.69 Å². The van der Waals surface area contributed by atoms with Crippen molar-refractivity contribution in [2.75, 3.05) is 32.8 Å². The van der Waals surface area contributed by atoms with Crippen LogP contribution >= 0.6 is 0 Å². The molecule has 6 rings (SSSR count). The summed E-state index contributed by atoms with van der Waals surface area (Å²) in [6.07, 6.45) is 3.02. The SMILES string of the molecule is N#Cc1cc([C@H]2CN3CCN(C(=O)C4CCc5cc(-n6cnnn6)ccc54)C[C@H]3CO2)ccc1F. The molecule has 2 aromatic carbocycles. The summed E-state index contributed by atoms with van der Waals surface area (Å²) in [5, 5.41) is 20.5. The zero-order valence-corrected chi connectivity index (χ0v) is 19.0. The van der Waals surface area contributed by atoms with E-state index < -0.39 is 5.82 Å². The van der Waals surface area contributed by atoms with E-state index >= 15 is 0 Å². The Morgan fingerprint density at radius 2 is 2.09 bits per heavy atom. The summed E-state index contributed by atoms with van der Waals surface area (Å²) in [6, 6.07) is 12.7. The Kier molecular flexibility index (Phi) is 5.51. The van der Waals surface area contributed by atoms with Crippen LogP contribution in [-0.4, -0.2) is 74.7 Å². The summed E-state index contributed by atoms with van der Waals surface area (Å²) in [6.45, 7) is 3.22. The molecular weight excluding hydrogens is 449 g/mol. The molecule has 3 atom stereocenters. The van der Waals surface area contributed by atoms with E-state index in [0.29, 0.717) is 26.2 Å². The Morgan fingerprint density at radius 1 is 1.17 bits per heavy atom. The Balaban J connectivity index is 1.11. The number of rotatable bonds is 3. The van der Waals surface area contributed by atoms with Gasteiger partial charge in [0, 0.05) is 26.2 Å². The van der Waals surface area contributed by atoms with Gasteiger partial charge < -0.3 is 9.64 Å². The maximum atomic E-state index is 13.7. The molecule has 2 saturated heterocycles. The molecule has 9 nitrogen and oxygen atoms in total. The average molecular weight is 474 g/mol. The van der Waals surface area contributed by atoms with Crippen molar-refractivity contribution in [3.63, 3.8) is 0 Å². The van der Waals surface area contributed by atoms with Crippen LogP contribution in [-0.2, 0) is 16.0 Å². The second kappa shape index (κ2) is 8.83. The molecule has 0 radical (unpaired) electrons. The number of nitriles is 1. The molecule has 1 amide bonds. The summed E-state index contributed by atoms with van der Waals surface area (Å²) < 4.78 is 21.4. The van der Waals surface area contributed by atoms with Crippen molar-refractivity contribution in [2.45, 2.75) is 30.9 Å².